The third kappa shape index (κ3) is 6.53. The van der Waals surface area contributed by atoms with Gasteiger partial charge in [-0.05, 0) is 62.8 Å². The number of hydrogen-bond acceptors (Lipinski definition) is 4. The molecule has 2 heterocycles. The zero-order valence-corrected chi connectivity index (χ0v) is 20.5. The number of benzene rings is 1. The number of rotatable bonds is 6. The lowest BCUT2D eigenvalue weighted by atomic mass is 9.95. The van der Waals surface area contributed by atoms with Crippen molar-refractivity contribution in [3.05, 3.63) is 41.7 Å². The highest BCUT2D eigenvalue weighted by Gasteiger charge is 2.26. The van der Waals surface area contributed by atoms with Crippen molar-refractivity contribution >= 4 is 23.7 Å². The molecule has 0 radical (unpaired) electrons. The average Bonchev–Trinajstić information content (AvgIpc) is 3.27. The van der Waals surface area contributed by atoms with E-state index in [4.69, 9.17) is 0 Å². The van der Waals surface area contributed by atoms with Gasteiger partial charge in [0.25, 0.3) is 0 Å². The van der Waals surface area contributed by atoms with Crippen LogP contribution in [0.3, 0.4) is 0 Å². The molecule has 8 heteroatoms. The summed E-state index contributed by atoms with van der Waals surface area (Å²) in [5.41, 5.74) is 3.46. The molecule has 0 unspecified atom stereocenters. The molecular weight excluding hydrogens is 434 g/mol. The molecule has 1 aromatic carbocycles. The highest BCUT2D eigenvalue weighted by atomic mass is 32.2. The molecule has 178 valence electrons. The fraction of sp³-hybridized carbons (Fsp3) is 0.560. The Morgan fingerprint density at radius 3 is 2.33 bits per heavy atom. The Bertz CT molecular complexity index is 941. The molecule has 7 nitrogen and oxygen atoms in total. The molecule has 3 amide bonds. The van der Waals surface area contributed by atoms with Gasteiger partial charge in [-0.15, -0.1) is 0 Å². The van der Waals surface area contributed by atoms with Gasteiger partial charge in [-0.2, -0.15) is 0 Å². The number of urea groups is 1. The van der Waals surface area contributed by atoms with Crippen LogP contribution in [0.2, 0.25) is 0 Å². The van der Waals surface area contributed by atoms with E-state index in [2.05, 4.69) is 47.7 Å². The summed E-state index contributed by atoms with van der Waals surface area (Å²) in [7, 11) is 0. The second-order valence-corrected chi connectivity index (χ2v) is 10.3. The van der Waals surface area contributed by atoms with Crippen LogP contribution in [0.4, 0.5) is 4.79 Å². The van der Waals surface area contributed by atoms with Crippen molar-refractivity contribution in [2.75, 3.05) is 18.8 Å². The molecule has 2 fully saturated rings. The Labute approximate surface area is 200 Å². The Kier molecular flexibility index (Phi) is 7.96. The first-order valence-electron chi connectivity index (χ1n) is 12.1. The Hall–Kier alpha value is -2.48. The van der Waals surface area contributed by atoms with Gasteiger partial charge in [0.05, 0.1) is 5.75 Å². The van der Waals surface area contributed by atoms with Crippen LogP contribution >= 0.6 is 11.8 Å². The molecule has 2 aliphatic rings. The second-order valence-electron chi connectivity index (χ2n) is 9.33. The number of aromatic nitrogens is 2. The average molecular weight is 470 g/mol. The second kappa shape index (κ2) is 11.1. The standard InChI is InChI=1S/C25H35N5O2S/c1-18-14-19(2)16-22(15-18)30-13-10-26-25(30)33-17-23(31)27-21-8-11-29(12-9-21)24(32)28-20-6-4-3-5-7-20/h10,13-16,20-21H,3-9,11-12,17H2,1-2H3,(H,27,31)(H,28,32). The SMILES string of the molecule is Cc1cc(C)cc(-n2ccnc2SCC(=O)NC2CCN(C(=O)NC3CCCCC3)CC2)c1. The maximum Gasteiger partial charge on any atom is 0.317 e. The van der Waals surface area contributed by atoms with E-state index in [1.165, 1.54) is 42.2 Å². The van der Waals surface area contributed by atoms with E-state index in [9.17, 15) is 9.59 Å². The quantitative estimate of drug-likeness (QED) is 0.622. The molecule has 1 saturated carbocycles. The van der Waals surface area contributed by atoms with Crippen molar-refractivity contribution in [2.24, 2.45) is 0 Å². The first-order chi connectivity index (χ1) is 16.0. The van der Waals surface area contributed by atoms with Crippen molar-refractivity contribution in [2.45, 2.75) is 76.0 Å². The van der Waals surface area contributed by atoms with Crippen LogP contribution in [0.25, 0.3) is 5.69 Å². The van der Waals surface area contributed by atoms with Crippen molar-refractivity contribution in [1.82, 2.24) is 25.1 Å². The van der Waals surface area contributed by atoms with Gasteiger partial charge in [0.2, 0.25) is 5.91 Å². The minimum absolute atomic E-state index is 0.0140. The monoisotopic (exact) mass is 469 g/mol. The lowest BCUT2D eigenvalue weighted by molar-refractivity contribution is -0.119. The van der Waals surface area contributed by atoms with Gasteiger partial charge in [-0.3, -0.25) is 9.36 Å². The van der Waals surface area contributed by atoms with Gasteiger partial charge < -0.3 is 15.5 Å². The van der Waals surface area contributed by atoms with E-state index in [1.807, 2.05) is 15.7 Å². The fourth-order valence-electron chi connectivity index (χ4n) is 4.82. The summed E-state index contributed by atoms with van der Waals surface area (Å²) in [4.78, 5) is 31.5. The molecule has 2 N–H and O–H groups in total. The third-order valence-corrected chi connectivity index (χ3v) is 7.47. The van der Waals surface area contributed by atoms with Crippen molar-refractivity contribution in [3.63, 3.8) is 0 Å². The van der Waals surface area contributed by atoms with Gasteiger partial charge in [0, 0.05) is 43.3 Å². The number of nitrogens with one attached hydrogen (secondary N) is 2. The number of likely N-dealkylation sites (tertiary alicyclic amines) is 1. The van der Waals surface area contributed by atoms with Crippen LogP contribution in [-0.2, 0) is 4.79 Å². The first kappa shape index (κ1) is 23.7. The summed E-state index contributed by atoms with van der Waals surface area (Å²) in [6.45, 7) is 5.54. The van der Waals surface area contributed by atoms with E-state index in [0.717, 1.165) is 36.5 Å². The number of imidazole rings is 1. The van der Waals surface area contributed by atoms with Crippen molar-refractivity contribution in [3.8, 4) is 5.69 Å². The number of hydrogen-bond donors (Lipinski definition) is 2. The zero-order valence-electron chi connectivity index (χ0n) is 19.7. The van der Waals surface area contributed by atoms with Crippen LogP contribution < -0.4 is 10.6 Å². The van der Waals surface area contributed by atoms with Crippen LogP contribution in [0.5, 0.6) is 0 Å². The molecule has 1 aliphatic carbocycles. The Morgan fingerprint density at radius 2 is 1.64 bits per heavy atom. The van der Waals surface area contributed by atoms with E-state index < -0.39 is 0 Å². The Morgan fingerprint density at radius 1 is 0.970 bits per heavy atom. The van der Waals surface area contributed by atoms with E-state index in [1.54, 1.807) is 6.20 Å². The summed E-state index contributed by atoms with van der Waals surface area (Å²) >= 11 is 1.45. The smallest absolute Gasteiger partial charge is 0.317 e. The third-order valence-electron chi connectivity index (χ3n) is 6.50. The lowest BCUT2D eigenvalue weighted by Crippen LogP contribution is -2.51. The number of amides is 3. The molecule has 1 saturated heterocycles. The largest absolute Gasteiger partial charge is 0.353 e. The zero-order chi connectivity index (χ0) is 23.2. The molecule has 2 aromatic rings. The van der Waals surface area contributed by atoms with Crippen molar-refractivity contribution in [1.29, 1.82) is 0 Å². The molecule has 0 spiro atoms. The number of piperidine rings is 1. The van der Waals surface area contributed by atoms with E-state index in [0.29, 0.717) is 24.9 Å². The number of aryl methyl sites for hydroxylation is 2. The molecule has 33 heavy (non-hydrogen) atoms. The minimum atomic E-state index is 0.0140. The summed E-state index contributed by atoms with van der Waals surface area (Å²) in [5.74, 6) is 0.338. The van der Waals surface area contributed by atoms with Crippen LogP contribution in [0.15, 0.2) is 35.7 Å². The number of thioether (sulfide) groups is 1. The fourth-order valence-corrected chi connectivity index (χ4v) is 5.61. The maximum atomic E-state index is 12.6. The van der Waals surface area contributed by atoms with Gasteiger partial charge in [-0.1, -0.05) is 37.1 Å². The van der Waals surface area contributed by atoms with Crippen molar-refractivity contribution < 1.29 is 9.59 Å². The molecule has 4 rings (SSSR count). The van der Waals surface area contributed by atoms with Gasteiger partial charge in [0.1, 0.15) is 0 Å². The maximum absolute atomic E-state index is 12.6. The highest BCUT2D eigenvalue weighted by Crippen LogP contribution is 2.22. The lowest BCUT2D eigenvalue weighted by Gasteiger charge is -2.34. The number of carbonyl (C=O) groups is 2. The Balaban J connectivity index is 1.21. The molecule has 1 aliphatic heterocycles. The summed E-state index contributed by atoms with van der Waals surface area (Å²) in [5, 5.41) is 7.15. The molecule has 0 atom stereocenters. The van der Waals surface area contributed by atoms with Crippen LogP contribution in [0.1, 0.15) is 56.1 Å². The summed E-state index contributed by atoms with van der Waals surface area (Å²) in [6.07, 6.45) is 11.2. The van der Waals surface area contributed by atoms with Gasteiger partial charge >= 0.3 is 6.03 Å². The minimum Gasteiger partial charge on any atom is -0.353 e. The highest BCUT2D eigenvalue weighted by molar-refractivity contribution is 7.99. The van der Waals surface area contributed by atoms with Gasteiger partial charge in [0.15, 0.2) is 5.16 Å². The predicted molar refractivity (Wildman–Crippen MR) is 132 cm³/mol. The summed E-state index contributed by atoms with van der Waals surface area (Å²) < 4.78 is 2.03. The van der Waals surface area contributed by atoms with E-state index >= 15 is 0 Å². The van der Waals surface area contributed by atoms with E-state index in [-0.39, 0.29) is 18.0 Å². The normalized spacial score (nSPS) is 17.7. The van der Waals surface area contributed by atoms with Crippen LogP contribution in [0, 0.1) is 13.8 Å². The van der Waals surface area contributed by atoms with Crippen LogP contribution in [-0.4, -0.2) is 57.3 Å². The molecular formula is C25H35N5O2S. The van der Waals surface area contributed by atoms with Gasteiger partial charge in [-0.25, -0.2) is 9.78 Å². The molecule has 0 bridgehead atoms. The first-order valence-corrected chi connectivity index (χ1v) is 13.1. The topological polar surface area (TPSA) is 79.3 Å². The number of nitrogens with zero attached hydrogens (tertiary/aromatic N) is 3. The summed E-state index contributed by atoms with van der Waals surface area (Å²) in [6, 6.07) is 6.90. The molecule has 1 aromatic heterocycles. The predicted octanol–water partition coefficient (Wildman–Crippen LogP) is 4.20. The number of carbonyl (C=O) groups excluding carboxylic acids is 2.